The van der Waals surface area contributed by atoms with Crippen LogP contribution in [0.25, 0.3) is 5.69 Å². The summed E-state index contributed by atoms with van der Waals surface area (Å²) in [6.45, 7) is 2.86. The fraction of sp³-hybridized carbons (Fsp3) is 0.259. The summed E-state index contributed by atoms with van der Waals surface area (Å²) in [7, 11) is 0. The second-order valence-electron chi connectivity index (χ2n) is 8.48. The summed E-state index contributed by atoms with van der Waals surface area (Å²) >= 11 is 5.92. The van der Waals surface area contributed by atoms with Gasteiger partial charge < -0.3 is 0 Å². The quantitative estimate of drug-likeness (QED) is 0.353. The van der Waals surface area contributed by atoms with Crippen LogP contribution in [0.5, 0.6) is 0 Å². The Labute approximate surface area is 194 Å². The molecule has 32 heavy (non-hydrogen) atoms. The first-order chi connectivity index (χ1) is 15.8. The molecule has 5 rings (SSSR count). The van der Waals surface area contributed by atoms with Gasteiger partial charge in [0.1, 0.15) is 5.82 Å². The van der Waals surface area contributed by atoms with Crippen molar-refractivity contribution in [1.82, 2.24) is 19.2 Å². The summed E-state index contributed by atoms with van der Waals surface area (Å²) < 4.78 is 4.88. The Morgan fingerprint density at radius 3 is 2.03 bits per heavy atom. The fourth-order valence-corrected chi connectivity index (χ4v) is 4.91. The van der Waals surface area contributed by atoms with E-state index >= 15 is 0 Å². The highest BCUT2D eigenvalue weighted by Gasteiger charge is 2.22. The van der Waals surface area contributed by atoms with Crippen LogP contribution in [0, 0.1) is 4.77 Å². The van der Waals surface area contributed by atoms with Gasteiger partial charge in [0.25, 0.3) is 0 Å². The first kappa shape index (κ1) is 20.9. The molecule has 0 saturated carbocycles. The molecule has 162 valence electrons. The molecule has 0 bridgehead atoms. The Kier molecular flexibility index (Phi) is 6.28. The van der Waals surface area contributed by atoms with Crippen LogP contribution in [-0.2, 0) is 13.1 Å². The molecule has 3 aromatic carbocycles. The predicted octanol–water partition coefficient (Wildman–Crippen LogP) is 5.83. The van der Waals surface area contributed by atoms with Gasteiger partial charge in [-0.1, -0.05) is 78.9 Å². The van der Waals surface area contributed by atoms with Crippen molar-refractivity contribution in [2.75, 3.05) is 13.1 Å². The van der Waals surface area contributed by atoms with Gasteiger partial charge in [-0.2, -0.15) is 5.10 Å². The van der Waals surface area contributed by atoms with E-state index in [9.17, 15) is 0 Å². The summed E-state index contributed by atoms with van der Waals surface area (Å²) in [5.74, 6) is 1.63. The topological polar surface area (TPSA) is 26.0 Å². The van der Waals surface area contributed by atoms with Crippen molar-refractivity contribution in [1.29, 1.82) is 0 Å². The second kappa shape index (κ2) is 9.63. The highest BCUT2D eigenvalue weighted by molar-refractivity contribution is 7.71. The molecule has 1 aliphatic rings. The average Bonchev–Trinajstić information content (AvgIpc) is 3.15. The minimum Gasteiger partial charge on any atom is -0.284 e. The Hall–Kier alpha value is -3.02. The maximum absolute atomic E-state index is 5.92. The molecule has 1 fully saturated rings. The second-order valence-corrected chi connectivity index (χ2v) is 8.84. The maximum Gasteiger partial charge on any atom is 0.203 e. The number of piperidine rings is 1. The molecule has 0 unspecified atom stereocenters. The van der Waals surface area contributed by atoms with E-state index < -0.39 is 0 Å². The summed E-state index contributed by atoms with van der Waals surface area (Å²) in [6.07, 6.45) is 3.10. The lowest BCUT2D eigenvalue weighted by Crippen LogP contribution is -2.35. The number of para-hydroxylation sites is 1. The van der Waals surface area contributed by atoms with Gasteiger partial charge in [-0.25, -0.2) is 4.68 Å². The van der Waals surface area contributed by atoms with Gasteiger partial charge in [-0.05, 0) is 54.2 Å². The van der Waals surface area contributed by atoms with Crippen LogP contribution in [-0.4, -0.2) is 32.3 Å². The third kappa shape index (κ3) is 4.59. The highest BCUT2D eigenvalue weighted by atomic mass is 32.1. The fourth-order valence-electron chi connectivity index (χ4n) is 4.60. The minimum absolute atomic E-state index is 0.649. The Morgan fingerprint density at radius 1 is 0.781 bits per heavy atom. The van der Waals surface area contributed by atoms with E-state index in [1.165, 1.54) is 24.0 Å². The molecule has 5 heteroatoms. The minimum atomic E-state index is 0.649. The molecule has 1 aliphatic heterocycles. The molecular weight excluding hydrogens is 412 g/mol. The maximum atomic E-state index is 5.92. The molecule has 0 aliphatic carbocycles. The number of benzene rings is 3. The van der Waals surface area contributed by atoms with Crippen molar-refractivity contribution in [2.45, 2.75) is 31.8 Å². The average molecular weight is 441 g/mol. The van der Waals surface area contributed by atoms with Gasteiger partial charge >= 0.3 is 0 Å². The SMILES string of the molecule is S=c1n(CN2CCC(c3ccccc3)CC2)nc(Cc2ccccc2)n1-c1ccccc1. The van der Waals surface area contributed by atoms with Crippen LogP contribution in [0.2, 0.25) is 0 Å². The normalized spacial score (nSPS) is 15.1. The summed E-state index contributed by atoms with van der Waals surface area (Å²) in [5, 5.41) is 4.99. The van der Waals surface area contributed by atoms with Gasteiger partial charge in [-0.15, -0.1) is 0 Å². The monoisotopic (exact) mass is 440 g/mol. The highest BCUT2D eigenvalue weighted by Crippen LogP contribution is 2.28. The zero-order valence-corrected chi connectivity index (χ0v) is 19.0. The molecule has 4 nitrogen and oxygen atoms in total. The van der Waals surface area contributed by atoms with E-state index in [0.717, 1.165) is 42.5 Å². The summed E-state index contributed by atoms with van der Waals surface area (Å²) in [4.78, 5) is 2.48. The predicted molar refractivity (Wildman–Crippen MR) is 132 cm³/mol. The van der Waals surface area contributed by atoms with Crippen LogP contribution in [0.3, 0.4) is 0 Å². The van der Waals surface area contributed by atoms with E-state index in [4.69, 9.17) is 17.3 Å². The first-order valence-electron chi connectivity index (χ1n) is 11.3. The molecule has 0 spiro atoms. The lowest BCUT2D eigenvalue weighted by atomic mass is 9.90. The Morgan fingerprint density at radius 2 is 1.38 bits per heavy atom. The van der Waals surface area contributed by atoms with Crippen LogP contribution in [0.15, 0.2) is 91.0 Å². The molecular formula is C27H28N4S. The number of likely N-dealkylation sites (tertiary alicyclic amines) is 1. The van der Waals surface area contributed by atoms with Crippen molar-refractivity contribution < 1.29 is 0 Å². The third-order valence-electron chi connectivity index (χ3n) is 6.32. The van der Waals surface area contributed by atoms with E-state index in [1.54, 1.807) is 0 Å². The lowest BCUT2D eigenvalue weighted by molar-refractivity contribution is 0.160. The van der Waals surface area contributed by atoms with E-state index in [0.29, 0.717) is 5.92 Å². The number of rotatable bonds is 6. The third-order valence-corrected chi connectivity index (χ3v) is 6.71. The lowest BCUT2D eigenvalue weighted by Gasteiger charge is -2.31. The molecule has 1 aromatic heterocycles. The summed E-state index contributed by atoms with van der Waals surface area (Å²) in [6, 6.07) is 31.7. The number of aromatic nitrogens is 3. The molecule has 4 aromatic rings. The Balaban J connectivity index is 1.37. The van der Waals surface area contributed by atoms with Crippen LogP contribution in [0.4, 0.5) is 0 Å². The molecule has 0 amide bonds. The van der Waals surface area contributed by atoms with Crippen molar-refractivity contribution in [2.24, 2.45) is 0 Å². The molecule has 2 heterocycles. The van der Waals surface area contributed by atoms with Gasteiger partial charge in [0.05, 0.1) is 6.67 Å². The molecule has 0 radical (unpaired) electrons. The zero-order chi connectivity index (χ0) is 21.8. The van der Waals surface area contributed by atoms with E-state index in [2.05, 4.69) is 88.3 Å². The van der Waals surface area contributed by atoms with Crippen LogP contribution >= 0.6 is 12.2 Å². The van der Waals surface area contributed by atoms with Crippen LogP contribution in [0.1, 0.15) is 35.7 Å². The molecule has 1 saturated heterocycles. The van der Waals surface area contributed by atoms with Crippen molar-refractivity contribution in [3.63, 3.8) is 0 Å². The van der Waals surface area contributed by atoms with Crippen molar-refractivity contribution in [3.05, 3.63) is 113 Å². The van der Waals surface area contributed by atoms with Gasteiger partial charge in [0.2, 0.25) is 4.77 Å². The number of hydrogen-bond acceptors (Lipinski definition) is 3. The molecule has 0 atom stereocenters. The number of hydrogen-bond donors (Lipinski definition) is 0. The first-order valence-corrected chi connectivity index (χ1v) is 11.7. The van der Waals surface area contributed by atoms with E-state index in [-0.39, 0.29) is 0 Å². The number of nitrogens with zero attached hydrogens (tertiary/aromatic N) is 4. The molecule has 0 N–H and O–H groups in total. The van der Waals surface area contributed by atoms with Gasteiger partial charge in [0.15, 0.2) is 0 Å². The van der Waals surface area contributed by atoms with Gasteiger partial charge in [-0.3, -0.25) is 9.47 Å². The standard InChI is InChI=1S/C27H28N4S/c32-27-30(21-29-18-16-24(17-19-29)23-12-6-2-7-13-23)28-26(20-22-10-4-1-5-11-22)31(27)25-14-8-3-9-15-25/h1-15,24H,16-21H2. The van der Waals surface area contributed by atoms with Crippen LogP contribution < -0.4 is 0 Å². The van der Waals surface area contributed by atoms with Gasteiger partial charge in [0, 0.05) is 25.2 Å². The zero-order valence-electron chi connectivity index (χ0n) is 18.2. The Bertz CT molecular complexity index is 1190. The largest absolute Gasteiger partial charge is 0.284 e. The van der Waals surface area contributed by atoms with E-state index in [1.807, 2.05) is 16.8 Å². The summed E-state index contributed by atoms with van der Waals surface area (Å²) in [5.41, 5.74) is 3.76. The van der Waals surface area contributed by atoms with Crippen molar-refractivity contribution in [3.8, 4) is 5.69 Å². The smallest absolute Gasteiger partial charge is 0.203 e. The van der Waals surface area contributed by atoms with Crippen molar-refractivity contribution >= 4 is 12.2 Å².